The van der Waals surface area contributed by atoms with E-state index in [0.717, 1.165) is 17.7 Å². The zero-order valence-corrected chi connectivity index (χ0v) is 16.6. The van der Waals surface area contributed by atoms with Crippen LogP contribution in [0.1, 0.15) is 55.5 Å². The molecular formula is C23H26N2O3. The Morgan fingerprint density at radius 2 is 1.93 bits per heavy atom. The van der Waals surface area contributed by atoms with Gasteiger partial charge >= 0.3 is 0 Å². The average Bonchev–Trinajstić information content (AvgIpc) is 3.09. The van der Waals surface area contributed by atoms with Crippen molar-refractivity contribution in [2.75, 3.05) is 16.8 Å². The Kier molecular flexibility index (Phi) is 5.93. The molecule has 146 valence electrons. The molecular weight excluding hydrogens is 352 g/mol. The molecule has 0 unspecified atom stereocenters. The normalized spacial score (nSPS) is 17.5. The van der Waals surface area contributed by atoms with Gasteiger partial charge in [0.2, 0.25) is 11.8 Å². The van der Waals surface area contributed by atoms with Crippen LogP contribution >= 0.6 is 0 Å². The summed E-state index contributed by atoms with van der Waals surface area (Å²) >= 11 is 0. The lowest BCUT2D eigenvalue weighted by Gasteiger charge is -2.23. The van der Waals surface area contributed by atoms with Crippen LogP contribution in [-0.2, 0) is 9.59 Å². The van der Waals surface area contributed by atoms with E-state index in [2.05, 4.69) is 25.2 Å². The third kappa shape index (κ3) is 4.14. The minimum Gasteiger partial charge on any atom is -0.326 e. The molecule has 2 aromatic carbocycles. The molecule has 0 radical (unpaired) electrons. The molecule has 1 N–H and O–H groups in total. The smallest absolute Gasteiger partial charge is 0.229 e. The predicted octanol–water partition coefficient (Wildman–Crippen LogP) is 4.39. The van der Waals surface area contributed by atoms with Crippen molar-refractivity contribution in [3.8, 4) is 0 Å². The number of ketones is 1. The van der Waals surface area contributed by atoms with Crippen LogP contribution in [0.3, 0.4) is 0 Å². The quantitative estimate of drug-likeness (QED) is 0.758. The van der Waals surface area contributed by atoms with Crippen LogP contribution in [0.15, 0.2) is 48.5 Å². The summed E-state index contributed by atoms with van der Waals surface area (Å²) in [6.07, 6.45) is 1.17. The fourth-order valence-electron chi connectivity index (χ4n) is 3.55. The highest BCUT2D eigenvalue weighted by Gasteiger charge is 2.36. The first-order valence-electron chi connectivity index (χ1n) is 9.71. The highest BCUT2D eigenvalue weighted by Crippen LogP contribution is 2.33. The van der Waals surface area contributed by atoms with Gasteiger partial charge in [0.15, 0.2) is 5.78 Å². The Balaban J connectivity index is 1.75. The Bertz CT molecular complexity index is 906. The van der Waals surface area contributed by atoms with E-state index in [1.165, 1.54) is 6.92 Å². The second-order valence-corrected chi connectivity index (χ2v) is 7.40. The molecule has 0 saturated carbocycles. The molecule has 2 amide bonds. The van der Waals surface area contributed by atoms with Crippen molar-refractivity contribution < 1.29 is 14.4 Å². The number of carbonyl (C=O) groups excluding carboxylic acids is 3. The van der Waals surface area contributed by atoms with Gasteiger partial charge in [0.05, 0.1) is 5.92 Å². The summed E-state index contributed by atoms with van der Waals surface area (Å²) in [6.45, 7) is 6.12. The number of hydrogen-bond donors (Lipinski definition) is 1. The second-order valence-electron chi connectivity index (χ2n) is 7.40. The first-order chi connectivity index (χ1) is 13.4. The second kappa shape index (κ2) is 8.38. The number of anilines is 2. The maximum atomic E-state index is 12.7. The van der Waals surface area contributed by atoms with Gasteiger partial charge in [-0.1, -0.05) is 44.2 Å². The number of para-hydroxylation sites is 1. The third-order valence-electron chi connectivity index (χ3n) is 5.40. The molecule has 5 nitrogen and oxygen atoms in total. The monoisotopic (exact) mass is 378 g/mol. The van der Waals surface area contributed by atoms with Crippen molar-refractivity contribution in [1.82, 2.24) is 0 Å². The molecule has 28 heavy (non-hydrogen) atoms. The van der Waals surface area contributed by atoms with Gasteiger partial charge < -0.3 is 10.2 Å². The molecule has 2 aromatic rings. The zero-order valence-electron chi connectivity index (χ0n) is 16.6. The SMILES string of the molecule is CC[C@@H](C)c1ccccc1N1C[C@H](C(=O)Nc2cccc(C(C)=O)c2)CC1=O. The number of Topliss-reactive ketones (excluding diaryl/α,β-unsaturated/α-hetero) is 1. The molecule has 2 atom stereocenters. The number of benzene rings is 2. The Labute approximate surface area is 165 Å². The first-order valence-corrected chi connectivity index (χ1v) is 9.71. The van der Waals surface area contributed by atoms with Gasteiger partial charge in [-0.2, -0.15) is 0 Å². The van der Waals surface area contributed by atoms with Gasteiger partial charge in [0, 0.05) is 29.9 Å². The number of rotatable bonds is 6. The molecule has 5 heteroatoms. The van der Waals surface area contributed by atoms with Gasteiger partial charge in [-0.3, -0.25) is 14.4 Å². The number of hydrogen-bond acceptors (Lipinski definition) is 3. The van der Waals surface area contributed by atoms with E-state index >= 15 is 0 Å². The topological polar surface area (TPSA) is 66.5 Å². The molecule has 0 aliphatic carbocycles. The number of nitrogens with zero attached hydrogens (tertiary/aromatic N) is 1. The lowest BCUT2D eigenvalue weighted by Crippen LogP contribution is -2.29. The van der Waals surface area contributed by atoms with E-state index in [4.69, 9.17) is 0 Å². The maximum Gasteiger partial charge on any atom is 0.229 e. The fourth-order valence-corrected chi connectivity index (χ4v) is 3.55. The van der Waals surface area contributed by atoms with Crippen LogP contribution in [0.25, 0.3) is 0 Å². The van der Waals surface area contributed by atoms with E-state index < -0.39 is 5.92 Å². The number of nitrogens with one attached hydrogen (secondary N) is 1. The van der Waals surface area contributed by atoms with E-state index in [9.17, 15) is 14.4 Å². The maximum absolute atomic E-state index is 12.7. The summed E-state index contributed by atoms with van der Waals surface area (Å²) in [5, 5.41) is 2.85. The highest BCUT2D eigenvalue weighted by molar-refractivity contribution is 6.04. The van der Waals surface area contributed by atoms with Crippen molar-refractivity contribution in [3.63, 3.8) is 0 Å². The van der Waals surface area contributed by atoms with Crippen LogP contribution in [0.4, 0.5) is 11.4 Å². The van der Waals surface area contributed by atoms with Crippen molar-refractivity contribution in [1.29, 1.82) is 0 Å². The third-order valence-corrected chi connectivity index (χ3v) is 5.40. The van der Waals surface area contributed by atoms with Crippen molar-refractivity contribution >= 4 is 29.0 Å². The molecule has 0 aromatic heterocycles. The molecule has 1 aliphatic heterocycles. The molecule has 0 spiro atoms. The summed E-state index contributed by atoms with van der Waals surface area (Å²) in [7, 11) is 0. The van der Waals surface area contributed by atoms with Crippen LogP contribution in [0.2, 0.25) is 0 Å². The molecule has 1 aliphatic rings. The molecule has 1 saturated heterocycles. The van der Waals surface area contributed by atoms with E-state index in [1.807, 2.05) is 18.2 Å². The highest BCUT2D eigenvalue weighted by atomic mass is 16.2. The van der Waals surface area contributed by atoms with Gasteiger partial charge in [-0.15, -0.1) is 0 Å². The Hall–Kier alpha value is -2.95. The lowest BCUT2D eigenvalue weighted by atomic mass is 9.96. The Morgan fingerprint density at radius 1 is 1.18 bits per heavy atom. The molecule has 3 rings (SSSR count). The van der Waals surface area contributed by atoms with Crippen molar-refractivity contribution in [2.45, 2.75) is 39.5 Å². The van der Waals surface area contributed by atoms with Gasteiger partial charge in [0.25, 0.3) is 0 Å². The van der Waals surface area contributed by atoms with Gasteiger partial charge in [-0.05, 0) is 43.0 Å². The van der Waals surface area contributed by atoms with E-state index in [1.54, 1.807) is 29.2 Å². The summed E-state index contributed by atoms with van der Waals surface area (Å²) in [5.74, 6) is -0.365. The first kappa shape index (κ1) is 19.8. The van der Waals surface area contributed by atoms with E-state index in [-0.39, 0.29) is 24.0 Å². The summed E-state index contributed by atoms with van der Waals surface area (Å²) in [6, 6.07) is 14.8. The summed E-state index contributed by atoms with van der Waals surface area (Å²) < 4.78 is 0. The van der Waals surface area contributed by atoms with Crippen LogP contribution in [0, 0.1) is 5.92 Å². The largest absolute Gasteiger partial charge is 0.326 e. The van der Waals surface area contributed by atoms with Gasteiger partial charge in [-0.25, -0.2) is 0 Å². The fraction of sp³-hybridized carbons (Fsp3) is 0.348. The van der Waals surface area contributed by atoms with Crippen molar-refractivity contribution in [2.24, 2.45) is 5.92 Å². The van der Waals surface area contributed by atoms with E-state index in [0.29, 0.717) is 23.7 Å². The van der Waals surface area contributed by atoms with Gasteiger partial charge in [0.1, 0.15) is 0 Å². The van der Waals surface area contributed by atoms with Crippen molar-refractivity contribution in [3.05, 3.63) is 59.7 Å². The number of carbonyl (C=O) groups is 3. The average molecular weight is 378 g/mol. The Morgan fingerprint density at radius 3 is 2.64 bits per heavy atom. The minimum atomic E-state index is -0.418. The predicted molar refractivity (Wildman–Crippen MR) is 111 cm³/mol. The standard InChI is InChI=1S/C23H26N2O3/c1-4-15(2)20-10-5-6-11-21(20)25-14-18(13-22(25)27)23(28)24-19-9-7-8-17(12-19)16(3)26/h5-12,15,18H,4,13-14H2,1-3H3,(H,24,28)/t15-,18-/m1/s1. The van der Waals surface area contributed by atoms with Crippen LogP contribution < -0.4 is 10.2 Å². The minimum absolute atomic E-state index is 0.0339. The van der Waals surface area contributed by atoms with Crippen LogP contribution in [0.5, 0.6) is 0 Å². The number of amides is 2. The molecule has 1 fully saturated rings. The zero-order chi connectivity index (χ0) is 20.3. The molecule has 1 heterocycles. The van der Waals surface area contributed by atoms with Crippen LogP contribution in [-0.4, -0.2) is 24.1 Å². The summed E-state index contributed by atoms with van der Waals surface area (Å²) in [5.41, 5.74) is 3.15. The summed E-state index contributed by atoms with van der Waals surface area (Å²) in [4.78, 5) is 38.6. The lowest BCUT2D eigenvalue weighted by molar-refractivity contribution is -0.122. The molecule has 0 bridgehead atoms.